The summed E-state index contributed by atoms with van der Waals surface area (Å²) in [7, 11) is 0. The molecule has 168 valence electrons. The highest BCUT2D eigenvalue weighted by Gasteiger charge is 2.48. The number of ether oxygens (including phenoxy) is 1. The van der Waals surface area contributed by atoms with Gasteiger partial charge < -0.3 is 9.84 Å². The van der Waals surface area contributed by atoms with Crippen LogP contribution in [0.1, 0.15) is 45.7 Å². The van der Waals surface area contributed by atoms with E-state index in [1.165, 1.54) is 16.2 Å². The maximum Gasteiger partial charge on any atom is 0.300 e. The average molecular weight is 460 g/mol. The van der Waals surface area contributed by atoms with E-state index >= 15 is 0 Å². The maximum atomic E-state index is 13.3. The third kappa shape index (κ3) is 3.45. The molecule has 1 amide bonds. The second kappa shape index (κ2) is 7.89. The Kier molecular flexibility index (Phi) is 5.13. The van der Waals surface area contributed by atoms with Crippen LogP contribution in [-0.2, 0) is 16.0 Å². The van der Waals surface area contributed by atoms with E-state index in [-0.39, 0.29) is 17.4 Å². The third-order valence-corrected chi connectivity index (χ3v) is 7.60. The number of hydrogen-bond donors (Lipinski definition) is 1. The van der Waals surface area contributed by atoms with Crippen LogP contribution in [0.2, 0.25) is 0 Å². The summed E-state index contributed by atoms with van der Waals surface area (Å²) in [5, 5.41) is 13.3. The Labute approximate surface area is 196 Å². The van der Waals surface area contributed by atoms with Crippen molar-refractivity contribution >= 4 is 34.5 Å². The maximum absolute atomic E-state index is 13.3. The largest absolute Gasteiger partial charge is 0.507 e. The molecule has 3 aromatic rings. The number of Topliss-reactive ketones (excluding diaryl/α,β-unsaturated/α-hetero) is 1. The van der Waals surface area contributed by atoms with Gasteiger partial charge in [-0.15, -0.1) is 11.3 Å². The molecule has 5 rings (SSSR count). The molecule has 6 heteroatoms. The number of carbonyl (C=O) groups is 2. The number of aliphatic hydroxyl groups is 1. The Bertz CT molecular complexity index is 1340. The summed E-state index contributed by atoms with van der Waals surface area (Å²) in [5.74, 6) is -0.663. The van der Waals surface area contributed by atoms with E-state index in [0.717, 1.165) is 39.3 Å². The molecule has 1 fully saturated rings. The molecule has 0 aliphatic carbocycles. The zero-order valence-electron chi connectivity index (χ0n) is 19.0. The summed E-state index contributed by atoms with van der Waals surface area (Å²) in [6.45, 7) is 7.94. The molecule has 2 aliphatic heterocycles. The smallest absolute Gasteiger partial charge is 0.300 e. The first-order chi connectivity index (χ1) is 15.8. The molecule has 2 aromatic carbocycles. The molecule has 3 heterocycles. The third-order valence-electron chi connectivity index (χ3n) is 6.53. The normalized spacial score (nSPS) is 21.4. The second-order valence-corrected chi connectivity index (χ2v) is 9.81. The molecule has 2 atom stereocenters. The van der Waals surface area contributed by atoms with Gasteiger partial charge in [-0.1, -0.05) is 6.07 Å². The first-order valence-corrected chi connectivity index (χ1v) is 11.9. The van der Waals surface area contributed by atoms with Crippen molar-refractivity contribution in [3.8, 4) is 5.75 Å². The van der Waals surface area contributed by atoms with Crippen molar-refractivity contribution in [2.45, 2.75) is 46.3 Å². The minimum atomic E-state index is -0.685. The molecular weight excluding hydrogens is 434 g/mol. The number of aryl methyl sites for hydroxylation is 3. The molecule has 1 saturated heterocycles. The minimum absolute atomic E-state index is 0.0709. The van der Waals surface area contributed by atoms with E-state index in [9.17, 15) is 14.7 Å². The Morgan fingerprint density at radius 1 is 1.03 bits per heavy atom. The zero-order valence-corrected chi connectivity index (χ0v) is 19.8. The summed E-state index contributed by atoms with van der Waals surface area (Å²) in [5.41, 5.74) is 5.38. The lowest BCUT2D eigenvalue weighted by Crippen LogP contribution is -2.29. The Morgan fingerprint density at radius 2 is 1.82 bits per heavy atom. The predicted molar refractivity (Wildman–Crippen MR) is 130 cm³/mol. The van der Waals surface area contributed by atoms with Gasteiger partial charge in [-0.25, -0.2) is 0 Å². The van der Waals surface area contributed by atoms with Crippen LogP contribution in [0.4, 0.5) is 5.69 Å². The van der Waals surface area contributed by atoms with Crippen LogP contribution in [0.25, 0.3) is 5.76 Å². The monoisotopic (exact) mass is 459 g/mol. The number of amides is 1. The Balaban J connectivity index is 1.70. The number of fused-ring (bicyclic) bond motifs is 1. The quantitative estimate of drug-likeness (QED) is 0.313. The van der Waals surface area contributed by atoms with Crippen LogP contribution >= 0.6 is 11.3 Å². The van der Waals surface area contributed by atoms with Crippen molar-refractivity contribution in [1.82, 2.24) is 0 Å². The molecule has 1 N–H and O–H groups in total. The van der Waals surface area contributed by atoms with E-state index in [2.05, 4.69) is 0 Å². The molecule has 0 bridgehead atoms. The fourth-order valence-corrected chi connectivity index (χ4v) is 5.64. The second-order valence-electron chi connectivity index (χ2n) is 8.86. The van der Waals surface area contributed by atoms with Gasteiger partial charge >= 0.3 is 0 Å². The van der Waals surface area contributed by atoms with Crippen molar-refractivity contribution in [1.29, 1.82) is 0 Å². The molecule has 0 spiro atoms. The van der Waals surface area contributed by atoms with Crippen LogP contribution in [0.15, 0.2) is 53.4 Å². The van der Waals surface area contributed by atoms with Crippen molar-refractivity contribution in [2.24, 2.45) is 0 Å². The van der Waals surface area contributed by atoms with Crippen LogP contribution in [0.5, 0.6) is 5.75 Å². The van der Waals surface area contributed by atoms with Crippen LogP contribution in [-0.4, -0.2) is 22.9 Å². The summed E-state index contributed by atoms with van der Waals surface area (Å²) in [6.07, 6.45) is 0.808. The van der Waals surface area contributed by atoms with Crippen molar-refractivity contribution in [3.05, 3.63) is 86.1 Å². The van der Waals surface area contributed by atoms with Gasteiger partial charge in [0, 0.05) is 22.5 Å². The van der Waals surface area contributed by atoms with Gasteiger partial charge in [-0.05, 0) is 91.7 Å². The van der Waals surface area contributed by atoms with Crippen LogP contribution in [0.3, 0.4) is 0 Å². The summed E-state index contributed by atoms with van der Waals surface area (Å²) < 4.78 is 5.77. The summed E-state index contributed by atoms with van der Waals surface area (Å²) in [6, 6.07) is 12.4. The van der Waals surface area contributed by atoms with Gasteiger partial charge in [0.1, 0.15) is 23.7 Å². The number of carbonyl (C=O) groups excluding carboxylic acids is 2. The number of thiophene rings is 1. The van der Waals surface area contributed by atoms with Gasteiger partial charge in [0.2, 0.25) is 0 Å². The summed E-state index contributed by atoms with van der Waals surface area (Å²) in [4.78, 5) is 29.0. The molecule has 2 unspecified atom stereocenters. The Hall–Kier alpha value is -3.38. The highest BCUT2D eigenvalue weighted by atomic mass is 32.1. The average Bonchev–Trinajstić information content (AvgIpc) is 3.44. The number of rotatable bonds is 3. The van der Waals surface area contributed by atoms with Gasteiger partial charge in [0.25, 0.3) is 11.7 Å². The van der Waals surface area contributed by atoms with Crippen LogP contribution < -0.4 is 9.64 Å². The van der Waals surface area contributed by atoms with Crippen molar-refractivity contribution < 1.29 is 19.4 Å². The van der Waals surface area contributed by atoms with E-state index in [4.69, 9.17) is 4.74 Å². The topological polar surface area (TPSA) is 66.8 Å². The molecule has 5 nitrogen and oxygen atoms in total. The predicted octanol–water partition coefficient (Wildman–Crippen LogP) is 5.62. The molecule has 33 heavy (non-hydrogen) atoms. The molecule has 2 aliphatic rings. The van der Waals surface area contributed by atoms with Crippen molar-refractivity contribution in [3.63, 3.8) is 0 Å². The number of ketones is 1. The molecular formula is C27H25NO4S. The number of anilines is 1. The number of nitrogens with zero attached hydrogens (tertiary/aromatic N) is 1. The number of aliphatic hydroxyl groups excluding tert-OH is 1. The van der Waals surface area contributed by atoms with Gasteiger partial charge in [-0.2, -0.15) is 0 Å². The lowest BCUT2D eigenvalue weighted by molar-refractivity contribution is -0.132. The van der Waals surface area contributed by atoms with E-state index in [0.29, 0.717) is 11.3 Å². The van der Waals surface area contributed by atoms with E-state index in [1.807, 2.05) is 69.5 Å². The first kappa shape index (κ1) is 21.5. The minimum Gasteiger partial charge on any atom is -0.507 e. The Morgan fingerprint density at radius 3 is 2.52 bits per heavy atom. The highest BCUT2D eigenvalue weighted by molar-refractivity contribution is 7.10. The first-order valence-electron chi connectivity index (χ1n) is 11.0. The molecule has 0 radical (unpaired) electrons. The number of benzene rings is 2. The van der Waals surface area contributed by atoms with Gasteiger partial charge in [0.05, 0.1) is 5.57 Å². The zero-order chi connectivity index (χ0) is 23.4. The van der Waals surface area contributed by atoms with Crippen molar-refractivity contribution in [2.75, 3.05) is 4.90 Å². The molecule has 0 saturated carbocycles. The fourth-order valence-electron chi connectivity index (χ4n) is 4.61. The van der Waals surface area contributed by atoms with E-state index < -0.39 is 17.7 Å². The number of hydrogen-bond acceptors (Lipinski definition) is 5. The van der Waals surface area contributed by atoms with Gasteiger partial charge in [-0.3, -0.25) is 14.5 Å². The fraction of sp³-hybridized carbons (Fsp3) is 0.259. The lowest BCUT2D eigenvalue weighted by atomic mass is 9.96. The summed E-state index contributed by atoms with van der Waals surface area (Å²) >= 11 is 1.48. The standard InChI is InChI=1S/C27H25NO4S/c1-14-5-7-20(11-16(14)3)28-23(26-15(2)9-10-33-26)22(25(30)27(28)31)24(29)18-6-8-21-19(13-18)12-17(4)32-21/h5-11,13,17,23,29H,12H2,1-4H3/b24-22-. The lowest BCUT2D eigenvalue weighted by Gasteiger charge is -2.25. The molecule has 1 aromatic heterocycles. The highest BCUT2D eigenvalue weighted by Crippen LogP contribution is 2.45. The van der Waals surface area contributed by atoms with E-state index in [1.54, 1.807) is 6.07 Å². The SMILES string of the molecule is Cc1ccc(N2C(=O)C(=O)/C(=C(\O)c3ccc4c(c3)CC(C)O4)C2c2sccc2C)cc1C. The van der Waals surface area contributed by atoms with Gasteiger partial charge in [0.15, 0.2) is 0 Å². The van der Waals surface area contributed by atoms with Crippen LogP contribution in [0, 0.1) is 20.8 Å².